The van der Waals surface area contributed by atoms with Gasteiger partial charge in [0.05, 0.1) is 0 Å². The minimum atomic E-state index is 0.169. The molecule has 0 fully saturated rings. The maximum Gasteiger partial charge on any atom is 0.0487 e. The summed E-state index contributed by atoms with van der Waals surface area (Å²) in [7, 11) is 0.440. The van der Waals surface area contributed by atoms with Crippen molar-refractivity contribution in [2.45, 2.75) is 33.9 Å². The van der Waals surface area contributed by atoms with Gasteiger partial charge in [-0.15, -0.1) is 0 Å². The number of allylic oxidation sites excluding steroid dienone is 2. The molecule has 72 valence electrons. The van der Waals surface area contributed by atoms with Crippen molar-refractivity contribution in [1.29, 1.82) is 0 Å². The van der Waals surface area contributed by atoms with Crippen LogP contribution in [0.4, 0.5) is 0 Å². The Morgan fingerprint density at radius 2 is 2.08 bits per heavy atom. The molecule has 0 aromatic rings. The van der Waals surface area contributed by atoms with E-state index in [1.807, 2.05) is 0 Å². The van der Waals surface area contributed by atoms with E-state index < -0.39 is 0 Å². The predicted octanol–water partition coefficient (Wildman–Crippen LogP) is 2.63. The number of halogens is 2. The number of rotatable bonds is 6. The van der Waals surface area contributed by atoms with Crippen LogP contribution in [-0.2, 0) is 0 Å². The van der Waals surface area contributed by atoms with Crippen LogP contribution >= 0.6 is 45.2 Å². The van der Waals surface area contributed by atoms with E-state index >= 15 is 0 Å². The largest absolute Gasteiger partial charge is 0.0951 e. The molecular weight excluding hydrogens is 406 g/mol. The van der Waals surface area contributed by atoms with Crippen molar-refractivity contribution in [1.82, 2.24) is 0 Å². The van der Waals surface area contributed by atoms with Gasteiger partial charge in [0.2, 0.25) is 0 Å². The van der Waals surface area contributed by atoms with Crippen LogP contribution in [-0.4, -0.2) is 20.6 Å². The molecule has 0 nitrogen and oxygen atoms in total. The van der Waals surface area contributed by atoms with Crippen LogP contribution in [0.3, 0.4) is 0 Å². The monoisotopic (exact) mass is 424 g/mol. The van der Waals surface area contributed by atoms with Crippen LogP contribution < -0.4 is 0 Å². The molecular formula is C8H18I2Si2. The fourth-order valence-corrected chi connectivity index (χ4v) is 6.77. The van der Waals surface area contributed by atoms with Crippen LogP contribution in [0.15, 0.2) is 11.3 Å². The lowest BCUT2D eigenvalue weighted by atomic mass is 10.6. The molecule has 4 heteroatoms. The zero-order valence-corrected chi connectivity index (χ0v) is 15.1. The lowest BCUT2D eigenvalue weighted by Crippen LogP contribution is -2.00. The minimum absolute atomic E-state index is 0.169. The van der Waals surface area contributed by atoms with Gasteiger partial charge in [0.15, 0.2) is 0 Å². The van der Waals surface area contributed by atoms with Gasteiger partial charge in [-0.25, -0.2) is 0 Å². The SMILES string of the molecule is CC=C(C)[SiH2]CCC[SiH2]C(I)I. The molecule has 0 amide bonds. The van der Waals surface area contributed by atoms with Gasteiger partial charge < -0.3 is 0 Å². The highest BCUT2D eigenvalue weighted by Gasteiger charge is 1.98. The fraction of sp³-hybridized carbons (Fsp3) is 0.750. The third-order valence-corrected chi connectivity index (χ3v) is 9.12. The third-order valence-electron chi connectivity index (χ3n) is 1.99. The molecule has 0 aliphatic heterocycles. The maximum absolute atomic E-state index is 2.56. The Balaban J connectivity index is 3.11. The van der Waals surface area contributed by atoms with Crippen molar-refractivity contribution in [3.63, 3.8) is 0 Å². The second-order valence-electron chi connectivity index (χ2n) is 3.13. The molecule has 0 rings (SSSR count). The van der Waals surface area contributed by atoms with Crippen molar-refractivity contribution < 1.29 is 0 Å². The Labute approximate surface area is 108 Å². The maximum atomic E-state index is 2.56. The molecule has 0 atom stereocenters. The van der Waals surface area contributed by atoms with Crippen molar-refractivity contribution in [3.05, 3.63) is 11.3 Å². The average Bonchev–Trinajstić information content (AvgIpc) is 2.03. The van der Waals surface area contributed by atoms with E-state index in [2.05, 4.69) is 65.1 Å². The first-order valence-electron chi connectivity index (χ1n) is 4.56. The molecule has 0 unspecified atom stereocenters. The topological polar surface area (TPSA) is 0 Å². The Morgan fingerprint density at radius 3 is 2.58 bits per heavy atom. The lowest BCUT2D eigenvalue weighted by Gasteiger charge is -2.01. The van der Waals surface area contributed by atoms with E-state index in [0.717, 1.165) is 1.55 Å². The summed E-state index contributed by atoms with van der Waals surface area (Å²) in [5, 5.41) is 1.69. The van der Waals surface area contributed by atoms with Gasteiger partial charge in [-0.05, 0) is 13.8 Å². The highest BCUT2D eigenvalue weighted by Crippen LogP contribution is 2.11. The second-order valence-corrected chi connectivity index (χ2v) is 16.3. The Kier molecular flexibility index (Phi) is 10.5. The first-order valence-corrected chi connectivity index (χ1v) is 10.6. The van der Waals surface area contributed by atoms with Gasteiger partial charge in [-0.1, -0.05) is 75.0 Å². The Morgan fingerprint density at radius 1 is 1.42 bits per heavy atom. The summed E-state index contributed by atoms with van der Waals surface area (Å²) < 4.78 is 0.977. The molecule has 0 aliphatic carbocycles. The summed E-state index contributed by atoms with van der Waals surface area (Å²) in [5.41, 5.74) is 0. The van der Waals surface area contributed by atoms with Crippen LogP contribution in [0.2, 0.25) is 12.1 Å². The smallest absolute Gasteiger partial charge is 0.0487 e. The van der Waals surface area contributed by atoms with Crippen LogP contribution in [0.25, 0.3) is 0 Å². The summed E-state index contributed by atoms with van der Waals surface area (Å²) >= 11 is 5.13. The lowest BCUT2D eigenvalue weighted by molar-refractivity contribution is 1.06. The molecule has 0 aliphatic rings. The third kappa shape index (κ3) is 9.72. The molecule has 0 saturated heterocycles. The molecule has 0 N–H and O–H groups in total. The van der Waals surface area contributed by atoms with Crippen molar-refractivity contribution in [3.8, 4) is 0 Å². The van der Waals surface area contributed by atoms with Gasteiger partial charge in [0, 0.05) is 20.6 Å². The molecule has 0 heterocycles. The van der Waals surface area contributed by atoms with Crippen LogP contribution in [0.1, 0.15) is 20.3 Å². The first-order chi connectivity index (χ1) is 5.66. The average molecular weight is 424 g/mol. The van der Waals surface area contributed by atoms with Gasteiger partial charge >= 0.3 is 0 Å². The van der Waals surface area contributed by atoms with E-state index in [-0.39, 0.29) is 19.0 Å². The van der Waals surface area contributed by atoms with Crippen LogP contribution in [0, 0.1) is 0 Å². The summed E-state index contributed by atoms with van der Waals surface area (Å²) in [6.45, 7) is 4.46. The van der Waals surface area contributed by atoms with E-state index in [9.17, 15) is 0 Å². The number of hydrogen-bond acceptors (Lipinski definition) is 0. The van der Waals surface area contributed by atoms with E-state index in [1.54, 1.807) is 17.3 Å². The van der Waals surface area contributed by atoms with Crippen molar-refractivity contribution >= 4 is 64.2 Å². The minimum Gasteiger partial charge on any atom is -0.0951 e. The summed E-state index contributed by atoms with van der Waals surface area (Å²) in [4.78, 5) is 0. The van der Waals surface area contributed by atoms with Gasteiger partial charge in [0.25, 0.3) is 0 Å². The molecule has 0 aromatic carbocycles. The van der Waals surface area contributed by atoms with E-state index in [0.29, 0.717) is 0 Å². The molecule has 12 heavy (non-hydrogen) atoms. The van der Waals surface area contributed by atoms with Gasteiger partial charge in [-0.3, -0.25) is 0 Å². The molecule has 0 radical (unpaired) electrons. The zero-order chi connectivity index (χ0) is 9.40. The van der Waals surface area contributed by atoms with Crippen LogP contribution in [0.5, 0.6) is 0 Å². The quantitative estimate of drug-likeness (QED) is 0.266. The first kappa shape index (κ1) is 13.6. The fourth-order valence-electron chi connectivity index (χ4n) is 1.02. The van der Waals surface area contributed by atoms with Crippen molar-refractivity contribution in [2.75, 3.05) is 0 Å². The number of hydrogen-bond donors (Lipinski definition) is 0. The summed E-state index contributed by atoms with van der Waals surface area (Å²) in [5.74, 6) is 0. The van der Waals surface area contributed by atoms with E-state index in [1.165, 1.54) is 6.42 Å². The molecule has 0 bridgehead atoms. The number of alkyl halides is 2. The normalized spacial score (nSPS) is 14.6. The molecule has 0 spiro atoms. The Bertz CT molecular complexity index is 135. The summed E-state index contributed by atoms with van der Waals surface area (Å²) in [6, 6.07) is 3.11. The highest BCUT2D eigenvalue weighted by atomic mass is 127. The Hall–Kier alpha value is 1.63. The standard InChI is InChI=1S/C8H18I2Si2/c1-3-7(2)11-5-4-6-12-8(9)10/h3,8H,4-6,11-12H2,1-2H3. The van der Waals surface area contributed by atoms with Crippen molar-refractivity contribution in [2.24, 2.45) is 0 Å². The van der Waals surface area contributed by atoms with Gasteiger partial charge in [0.1, 0.15) is 0 Å². The second kappa shape index (κ2) is 9.20. The van der Waals surface area contributed by atoms with E-state index in [4.69, 9.17) is 0 Å². The predicted molar refractivity (Wildman–Crippen MR) is 82.6 cm³/mol. The summed E-state index contributed by atoms with van der Waals surface area (Å²) in [6.07, 6.45) is 3.81. The molecule has 0 saturated carbocycles. The van der Waals surface area contributed by atoms with Gasteiger partial charge in [-0.2, -0.15) is 0 Å². The molecule has 0 aromatic heterocycles. The highest BCUT2D eigenvalue weighted by molar-refractivity contribution is 14.2. The zero-order valence-electron chi connectivity index (χ0n) is 7.95.